The molecule has 1 aliphatic carbocycles. The Bertz CT molecular complexity index is 1170. The maximum absolute atomic E-state index is 13.3. The van der Waals surface area contributed by atoms with Gasteiger partial charge in [-0.25, -0.2) is 13.4 Å². The number of oxime groups is 1. The Morgan fingerprint density at radius 2 is 1.87 bits per heavy atom. The second-order valence-corrected chi connectivity index (χ2v) is 10.7. The van der Waals surface area contributed by atoms with Gasteiger partial charge in [0.15, 0.2) is 0 Å². The lowest BCUT2D eigenvalue weighted by Crippen LogP contribution is -2.38. The molecular weight excluding hydrogens is 448 g/mol. The highest BCUT2D eigenvalue weighted by molar-refractivity contribution is 7.89. The number of hydrogen-bond donors (Lipinski definition) is 0. The van der Waals surface area contributed by atoms with Gasteiger partial charge in [-0.15, -0.1) is 9.19 Å². The summed E-state index contributed by atoms with van der Waals surface area (Å²) in [7, 11) is -2.73. The Labute approximate surface area is 181 Å². The fraction of sp³-hybridized carbons (Fsp3) is 0.471. The van der Waals surface area contributed by atoms with Gasteiger partial charge in [-0.1, -0.05) is 17.3 Å². The van der Waals surface area contributed by atoms with Crippen LogP contribution in [0.3, 0.4) is 0 Å². The van der Waals surface area contributed by atoms with Crippen molar-refractivity contribution in [2.24, 2.45) is 5.16 Å². The van der Waals surface area contributed by atoms with Crippen LogP contribution < -0.4 is 4.74 Å². The molecule has 0 amide bonds. The normalized spacial score (nSPS) is 15.5. The zero-order chi connectivity index (χ0) is 22.8. The van der Waals surface area contributed by atoms with Gasteiger partial charge in [-0.2, -0.15) is 17.0 Å². The molecule has 3 rings (SSSR count). The molecule has 0 radical (unpaired) electrons. The topological polar surface area (TPSA) is 136 Å². The average Bonchev–Trinajstić information content (AvgIpc) is 3.43. The number of hydrogen-bond acceptors (Lipinski definition) is 9. The number of nitrogens with zero attached hydrogens (tertiary/aromatic N) is 6. The molecule has 31 heavy (non-hydrogen) atoms. The predicted molar refractivity (Wildman–Crippen MR) is 111 cm³/mol. The maximum Gasteiger partial charge on any atom is 0.323 e. The van der Waals surface area contributed by atoms with E-state index in [4.69, 9.17) is 9.57 Å². The van der Waals surface area contributed by atoms with Gasteiger partial charge in [-0.05, 0) is 25.0 Å². The minimum absolute atomic E-state index is 0.129. The van der Waals surface area contributed by atoms with E-state index in [1.807, 2.05) is 0 Å². The van der Waals surface area contributed by atoms with Crippen molar-refractivity contribution in [1.29, 1.82) is 0 Å². The van der Waals surface area contributed by atoms with Crippen molar-refractivity contribution < 1.29 is 26.4 Å². The SMILES string of the molecule is CO/N=C(\CN(C1CC1)S(=O)(=O)c1ncn(S(=O)(=O)N(C)C)n1)c1ccccc1OC. The number of benzene rings is 1. The summed E-state index contributed by atoms with van der Waals surface area (Å²) in [6.07, 6.45) is 2.17. The van der Waals surface area contributed by atoms with E-state index in [1.165, 1.54) is 32.6 Å². The fourth-order valence-electron chi connectivity index (χ4n) is 2.81. The molecule has 1 aromatic heterocycles. The fourth-order valence-corrected chi connectivity index (χ4v) is 5.02. The first-order valence-electron chi connectivity index (χ1n) is 9.23. The highest BCUT2D eigenvalue weighted by Gasteiger charge is 2.41. The third kappa shape index (κ3) is 4.71. The zero-order valence-electron chi connectivity index (χ0n) is 17.5. The Morgan fingerprint density at radius 3 is 2.45 bits per heavy atom. The Balaban J connectivity index is 1.98. The number of para-hydroxylation sites is 1. The second-order valence-electron chi connectivity index (χ2n) is 6.89. The Morgan fingerprint density at radius 1 is 1.19 bits per heavy atom. The van der Waals surface area contributed by atoms with Gasteiger partial charge in [0.1, 0.15) is 24.9 Å². The summed E-state index contributed by atoms with van der Waals surface area (Å²) < 4.78 is 59.1. The first-order chi connectivity index (χ1) is 14.6. The van der Waals surface area contributed by atoms with Crippen LogP contribution in [-0.4, -0.2) is 86.2 Å². The highest BCUT2D eigenvalue weighted by Crippen LogP contribution is 2.32. The number of aromatic nitrogens is 3. The smallest absolute Gasteiger partial charge is 0.323 e. The third-order valence-electron chi connectivity index (χ3n) is 4.57. The number of ether oxygens (including phenoxy) is 1. The van der Waals surface area contributed by atoms with Crippen LogP contribution in [0.15, 0.2) is 40.9 Å². The summed E-state index contributed by atoms with van der Waals surface area (Å²) in [6, 6.07) is 6.74. The van der Waals surface area contributed by atoms with Crippen LogP contribution in [0, 0.1) is 0 Å². The molecule has 0 spiro atoms. The first-order valence-corrected chi connectivity index (χ1v) is 12.1. The van der Waals surface area contributed by atoms with Gasteiger partial charge in [0.2, 0.25) is 0 Å². The van der Waals surface area contributed by atoms with Crippen LogP contribution in [0.4, 0.5) is 0 Å². The third-order valence-corrected chi connectivity index (χ3v) is 7.83. The minimum Gasteiger partial charge on any atom is -0.496 e. The van der Waals surface area contributed by atoms with E-state index < -0.39 is 25.4 Å². The van der Waals surface area contributed by atoms with Crippen molar-refractivity contribution in [3.05, 3.63) is 36.2 Å². The van der Waals surface area contributed by atoms with Crippen molar-refractivity contribution in [2.45, 2.75) is 24.0 Å². The second kappa shape index (κ2) is 8.90. The molecular formula is C17H24N6O6S2. The molecule has 1 aromatic carbocycles. The number of methoxy groups -OCH3 is 1. The maximum atomic E-state index is 13.3. The lowest BCUT2D eigenvalue weighted by atomic mass is 10.1. The summed E-state index contributed by atoms with van der Waals surface area (Å²) in [4.78, 5) is 8.69. The standard InChI is InChI=1S/C17H24N6O6S2/c1-21(2)31(26,27)23-12-18-17(19-23)30(24,25)22(13-9-10-13)11-15(20-29-4)14-7-5-6-8-16(14)28-3/h5-8,12-13H,9-11H2,1-4H3/b20-15+. The first kappa shape index (κ1) is 23.1. The summed E-state index contributed by atoms with van der Waals surface area (Å²) in [5.74, 6) is 0.505. The van der Waals surface area contributed by atoms with E-state index in [-0.39, 0.29) is 12.6 Å². The monoisotopic (exact) mass is 472 g/mol. The molecule has 2 aromatic rings. The minimum atomic E-state index is -4.21. The van der Waals surface area contributed by atoms with Crippen LogP contribution in [0.2, 0.25) is 0 Å². The quantitative estimate of drug-likeness (QED) is 0.352. The lowest BCUT2D eigenvalue weighted by Gasteiger charge is -2.21. The molecule has 12 nitrogen and oxygen atoms in total. The molecule has 0 atom stereocenters. The van der Waals surface area contributed by atoms with Crippen LogP contribution >= 0.6 is 0 Å². The van der Waals surface area contributed by atoms with Gasteiger partial charge in [0, 0.05) is 25.7 Å². The van der Waals surface area contributed by atoms with Crippen LogP contribution in [0.1, 0.15) is 18.4 Å². The average molecular weight is 473 g/mol. The molecule has 0 bridgehead atoms. The molecule has 170 valence electrons. The van der Waals surface area contributed by atoms with E-state index in [0.29, 0.717) is 34.0 Å². The van der Waals surface area contributed by atoms with Gasteiger partial charge in [0.25, 0.3) is 15.2 Å². The summed E-state index contributed by atoms with van der Waals surface area (Å²) in [5, 5.41) is 7.12. The number of sulfonamides is 1. The summed E-state index contributed by atoms with van der Waals surface area (Å²) in [5.41, 5.74) is 0.900. The zero-order valence-corrected chi connectivity index (χ0v) is 19.2. The van der Waals surface area contributed by atoms with Gasteiger partial charge >= 0.3 is 10.2 Å². The van der Waals surface area contributed by atoms with Gasteiger partial charge in [0.05, 0.1) is 13.7 Å². The largest absolute Gasteiger partial charge is 0.496 e. The van der Waals surface area contributed by atoms with Crippen molar-refractivity contribution in [3.63, 3.8) is 0 Å². The van der Waals surface area contributed by atoms with E-state index in [2.05, 4.69) is 15.2 Å². The van der Waals surface area contributed by atoms with Crippen molar-refractivity contribution >= 4 is 25.9 Å². The molecule has 1 saturated carbocycles. The van der Waals surface area contributed by atoms with Crippen LogP contribution in [0.25, 0.3) is 0 Å². The molecule has 0 aliphatic heterocycles. The van der Waals surface area contributed by atoms with E-state index in [1.54, 1.807) is 24.3 Å². The Kier molecular flexibility index (Phi) is 6.64. The van der Waals surface area contributed by atoms with E-state index in [9.17, 15) is 16.8 Å². The molecule has 14 heteroatoms. The van der Waals surface area contributed by atoms with Crippen LogP contribution in [0.5, 0.6) is 5.75 Å². The molecule has 0 N–H and O–H groups in total. The van der Waals surface area contributed by atoms with E-state index in [0.717, 1.165) is 10.6 Å². The summed E-state index contributed by atoms with van der Waals surface area (Å²) in [6.45, 7) is -0.129. The van der Waals surface area contributed by atoms with Crippen molar-refractivity contribution in [3.8, 4) is 5.75 Å². The number of rotatable bonds is 10. The van der Waals surface area contributed by atoms with Gasteiger partial charge < -0.3 is 9.57 Å². The predicted octanol–water partition coefficient (Wildman–Crippen LogP) is 0.145. The van der Waals surface area contributed by atoms with Crippen LogP contribution in [-0.2, 0) is 25.1 Å². The molecule has 1 heterocycles. The summed E-state index contributed by atoms with van der Waals surface area (Å²) >= 11 is 0. The van der Waals surface area contributed by atoms with E-state index >= 15 is 0 Å². The molecule has 0 saturated heterocycles. The highest BCUT2D eigenvalue weighted by atomic mass is 32.2. The van der Waals surface area contributed by atoms with Crippen molar-refractivity contribution in [1.82, 2.24) is 22.8 Å². The Hall–Kier alpha value is -2.55. The molecule has 0 unspecified atom stereocenters. The van der Waals surface area contributed by atoms with Crippen molar-refractivity contribution in [2.75, 3.05) is 34.9 Å². The molecule has 1 fully saturated rings. The lowest BCUT2D eigenvalue weighted by molar-refractivity contribution is 0.212. The molecule has 1 aliphatic rings. The van der Waals surface area contributed by atoms with Gasteiger partial charge in [-0.3, -0.25) is 0 Å².